The summed E-state index contributed by atoms with van der Waals surface area (Å²) in [5.41, 5.74) is 1.11. The molecule has 20 heavy (non-hydrogen) atoms. The second kappa shape index (κ2) is 8.12. The topological polar surface area (TPSA) is 50.7 Å². The highest BCUT2D eigenvalue weighted by atomic mass is 16.5. The van der Waals surface area contributed by atoms with Crippen molar-refractivity contribution in [3.05, 3.63) is 23.8 Å². The molecule has 1 atom stereocenters. The van der Waals surface area contributed by atoms with Gasteiger partial charge in [-0.1, -0.05) is 19.9 Å². The minimum Gasteiger partial charge on any atom is -0.493 e. The molecule has 0 fully saturated rings. The molecule has 0 saturated carbocycles. The summed E-state index contributed by atoms with van der Waals surface area (Å²) < 4.78 is 11.1. The summed E-state index contributed by atoms with van der Waals surface area (Å²) in [5, 5.41) is 12.7. The molecule has 1 aromatic carbocycles. The monoisotopic (exact) mass is 281 g/mol. The predicted octanol–water partition coefficient (Wildman–Crippen LogP) is 2.59. The second-order valence-corrected chi connectivity index (χ2v) is 5.57. The lowest BCUT2D eigenvalue weighted by molar-refractivity contribution is 0.210. The fourth-order valence-electron chi connectivity index (χ4n) is 1.93. The molecule has 4 heteroatoms. The lowest BCUT2D eigenvalue weighted by Gasteiger charge is -2.20. The summed E-state index contributed by atoms with van der Waals surface area (Å²) >= 11 is 0. The lowest BCUT2D eigenvalue weighted by atomic mass is 10.0. The third kappa shape index (κ3) is 5.02. The molecule has 114 valence electrons. The SMILES string of the molecule is COc1cc(CN[C@H](CO)C(C)C)ccc1OC(C)C. The van der Waals surface area contributed by atoms with Gasteiger partial charge < -0.3 is 19.9 Å². The molecule has 1 aromatic rings. The number of hydrogen-bond donors (Lipinski definition) is 2. The number of ether oxygens (including phenoxy) is 2. The molecule has 0 aliphatic heterocycles. The van der Waals surface area contributed by atoms with Gasteiger partial charge in [0.05, 0.1) is 19.8 Å². The highest BCUT2D eigenvalue weighted by molar-refractivity contribution is 5.43. The maximum Gasteiger partial charge on any atom is 0.161 e. The first-order valence-corrected chi connectivity index (χ1v) is 7.15. The molecule has 0 bridgehead atoms. The van der Waals surface area contributed by atoms with Crippen molar-refractivity contribution in [2.45, 2.75) is 46.4 Å². The van der Waals surface area contributed by atoms with Gasteiger partial charge in [-0.25, -0.2) is 0 Å². The van der Waals surface area contributed by atoms with Crippen LogP contribution in [0.5, 0.6) is 11.5 Å². The molecule has 0 saturated heterocycles. The van der Waals surface area contributed by atoms with E-state index in [2.05, 4.69) is 19.2 Å². The van der Waals surface area contributed by atoms with Crippen LogP contribution in [0.4, 0.5) is 0 Å². The predicted molar refractivity (Wildman–Crippen MR) is 81.3 cm³/mol. The first-order valence-electron chi connectivity index (χ1n) is 7.15. The molecule has 0 heterocycles. The van der Waals surface area contributed by atoms with Crippen molar-refractivity contribution < 1.29 is 14.6 Å². The highest BCUT2D eigenvalue weighted by Gasteiger charge is 2.12. The van der Waals surface area contributed by atoms with Gasteiger partial charge in [-0.2, -0.15) is 0 Å². The summed E-state index contributed by atoms with van der Waals surface area (Å²) in [6.45, 7) is 9.00. The Bertz CT molecular complexity index is 405. The highest BCUT2D eigenvalue weighted by Crippen LogP contribution is 2.29. The molecule has 2 N–H and O–H groups in total. The summed E-state index contributed by atoms with van der Waals surface area (Å²) in [5.74, 6) is 1.89. The molecule has 4 nitrogen and oxygen atoms in total. The van der Waals surface area contributed by atoms with Crippen LogP contribution in [0.3, 0.4) is 0 Å². The summed E-state index contributed by atoms with van der Waals surface area (Å²) in [6.07, 6.45) is 0.118. The van der Waals surface area contributed by atoms with Crippen LogP contribution in [-0.2, 0) is 6.54 Å². The number of methoxy groups -OCH3 is 1. The van der Waals surface area contributed by atoms with Gasteiger partial charge in [-0.15, -0.1) is 0 Å². The average Bonchev–Trinajstić information content (AvgIpc) is 2.39. The molecule has 0 aliphatic rings. The number of nitrogens with one attached hydrogen (secondary N) is 1. The van der Waals surface area contributed by atoms with Crippen molar-refractivity contribution in [2.24, 2.45) is 5.92 Å². The van der Waals surface area contributed by atoms with Crippen molar-refractivity contribution in [1.82, 2.24) is 5.32 Å². The average molecular weight is 281 g/mol. The van der Waals surface area contributed by atoms with Crippen LogP contribution < -0.4 is 14.8 Å². The second-order valence-electron chi connectivity index (χ2n) is 5.57. The number of aliphatic hydroxyl groups excluding tert-OH is 1. The van der Waals surface area contributed by atoms with Gasteiger partial charge in [-0.05, 0) is 37.5 Å². The summed E-state index contributed by atoms with van der Waals surface area (Å²) in [7, 11) is 1.64. The number of benzene rings is 1. The standard InChI is InChI=1S/C16H27NO3/c1-11(2)14(10-18)17-9-13-6-7-15(20-12(3)4)16(8-13)19-5/h6-8,11-12,14,17-18H,9-10H2,1-5H3/t14-/m1/s1. The Labute approximate surface area is 122 Å². The van der Waals surface area contributed by atoms with E-state index in [1.807, 2.05) is 32.0 Å². The van der Waals surface area contributed by atoms with E-state index in [0.29, 0.717) is 12.5 Å². The van der Waals surface area contributed by atoms with Crippen LogP contribution in [0, 0.1) is 5.92 Å². The van der Waals surface area contributed by atoms with Gasteiger partial charge >= 0.3 is 0 Å². The van der Waals surface area contributed by atoms with Crippen LogP contribution in [0.15, 0.2) is 18.2 Å². The maximum absolute atomic E-state index is 9.31. The fourth-order valence-corrected chi connectivity index (χ4v) is 1.93. The van der Waals surface area contributed by atoms with Crippen LogP contribution in [0.2, 0.25) is 0 Å². The number of aliphatic hydroxyl groups is 1. The molecule has 1 rings (SSSR count). The van der Waals surface area contributed by atoms with Crippen molar-refractivity contribution in [1.29, 1.82) is 0 Å². The van der Waals surface area contributed by atoms with E-state index < -0.39 is 0 Å². The zero-order chi connectivity index (χ0) is 15.1. The minimum atomic E-state index is 0.104. The van der Waals surface area contributed by atoms with E-state index >= 15 is 0 Å². The Balaban J connectivity index is 2.72. The first-order chi connectivity index (χ1) is 9.47. The molecular weight excluding hydrogens is 254 g/mol. The molecule has 0 aliphatic carbocycles. The van der Waals surface area contributed by atoms with E-state index in [4.69, 9.17) is 9.47 Å². The van der Waals surface area contributed by atoms with Crippen molar-refractivity contribution in [2.75, 3.05) is 13.7 Å². The molecule has 0 amide bonds. The zero-order valence-corrected chi connectivity index (χ0v) is 13.1. The van der Waals surface area contributed by atoms with Crippen LogP contribution in [-0.4, -0.2) is 31.0 Å². The molecule has 0 radical (unpaired) electrons. The van der Waals surface area contributed by atoms with Gasteiger partial charge in [0, 0.05) is 12.6 Å². The number of rotatable bonds is 8. The summed E-state index contributed by atoms with van der Waals surface area (Å²) in [6, 6.07) is 6.02. The quantitative estimate of drug-likeness (QED) is 0.769. The smallest absolute Gasteiger partial charge is 0.161 e. The van der Waals surface area contributed by atoms with Crippen molar-refractivity contribution in [3.8, 4) is 11.5 Å². The van der Waals surface area contributed by atoms with Gasteiger partial charge in [0.25, 0.3) is 0 Å². The molecule has 0 unspecified atom stereocenters. The lowest BCUT2D eigenvalue weighted by Crippen LogP contribution is -2.36. The third-order valence-corrected chi connectivity index (χ3v) is 3.16. The fraction of sp³-hybridized carbons (Fsp3) is 0.625. The van der Waals surface area contributed by atoms with Crippen LogP contribution in [0.25, 0.3) is 0 Å². The van der Waals surface area contributed by atoms with Crippen molar-refractivity contribution >= 4 is 0 Å². The normalized spacial score (nSPS) is 12.8. The van der Waals surface area contributed by atoms with Gasteiger partial charge in [0.1, 0.15) is 0 Å². The van der Waals surface area contributed by atoms with Crippen LogP contribution in [0.1, 0.15) is 33.3 Å². The Morgan fingerprint density at radius 3 is 2.35 bits per heavy atom. The van der Waals surface area contributed by atoms with Crippen LogP contribution >= 0.6 is 0 Å². The van der Waals surface area contributed by atoms with E-state index in [1.165, 1.54) is 0 Å². The molecule has 0 spiro atoms. The first kappa shape index (κ1) is 16.8. The Kier molecular flexibility index (Phi) is 6.82. The zero-order valence-electron chi connectivity index (χ0n) is 13.1. The number of hydrogen-bond acceptors (Lipinski definition) is 4. The van der Waals surface area contributed by atoms with E-state index in [-0.39, 0.29) is 18.8 Å². The van der Waals surface area contributed by atoms with E-state index in [1.54, 1.807) is 7.11 Å². The molecular formula is C16H27NO3. The third-order valence-electron chi connectivity index (χ3n) is 3.16. The largest absolute Gasteiger partial charge is 0.493 e. The van der Waals surface area contributed by atoms with E-state index in [0.717, 1.165) is 17.1 Å². The minimum absolute atomic E-state index is 0.104. The maximum atomic E-state index is 9.31. The van der Waals surface area contributed by atoms with E-state index in [9.17, 15) is 5.11 Å². The van der Waals surface area contributed by atoms with Gasteiger partial charge in [0.2, 0.25) is 0 Å². The summed E-state index contributed by atoms with van der Waals surface area (Å²) in [4.78, 5) is 0. The Hall–Kier alpha value is -1.26. The van der Waals surface area contributed by atoms with Gasteiger partial charge in [-0.3, -0.25) is 0 Å². The Morgan fingerprint density at radius 1 is 1.15 bits per heavy atom. The molecule has 0 aromatic heterocycles. The van der Waals surface area contributed by atoms with Gasteiger partial charge in [0.15, 0.2) is 11.5 Å². The Morgan fingerprint density at radius 2 is 1.85 bits per heavy atom. The van der Waals surface area contributed by atoms with Crippen molar-refractivity contribution in [3.63, 3.8) is 0 Å².